The molecule has 0 aromatic heterocycles. The molecule has 0 atom stereocenters. The van der Waals surface area contributed by atoms with E-state index in [2.05, 4.69) is 0 Å². The summed E-state index contributed by atoms with van der Waals surface area (Å²) < 4.78 is 5.43. The molecule has 0 radical (unpaired) electrons. The summed E-state index contributed by atoms with van der Waals surface area (Å²) in [5.74, 6) is -0.804. The van der Waals surface area contributed by atoms with Crippen molar-refractivity contribution in [3.05, 3.63) is 35.4 Å². The predicted molar refractivity (Wildman–Crippen MR) is 57.7 cm³/mol. The Morgan fingerprint density at radius 3 is 2.27 bits per heavy atom. The number of aliphatic carboxylic acids is 1. The maximum absolute atomic E-state index is 10.4. The standard InChI is InChI=1S/C12H16O3/c1-9(2)15-8-11-5-3-10(4-6-11)7-12(13)14/h3-6,9H,7-8H2,1-2H3,(H,13,14). The number of carboxylic acids is 1. The second-order valence-electron chi connectivity index (χ2n) is 3.75. The minimum Gasteiger partial charge on any atom is -0.481 e. The van der Waals surface area contributed by atoms with Crippen LogP contribution in [0, 0.1) is 0 Å². The van der Waals surface area contributed by atoms with Crippen molar-refractivity contribution >= 4 is 5.97 Å². The summed E-state index contributed by atoms with van der Waals surface area (Å²) in [6.45, 7) is 4.54. The number of ether oxygens (including phenoxy) is 1. The molecule has 0 unspecified atom stereocenters. The second-order valence-corrected chi connectivity index (χ2v) is 3.75. The van der Waals surface area contributed by atoms with E-state index in [0.717, 1.165) is 11.1 Å². The highest BCUT2D eigenvalue weighted by Crippen LogP contribution is 2.07. The zero-order valence-corrected chi connectivity index (χ0v) is 9.06. The maximum Gasteiger partial charge on any atom is 0.307 e. The van der Waals surface area contributed by atoms with E-state index >= 15 is 0 Å². The molecule has 0 saturated carbocycles. The van der Waals surface area contributed by atoms with Crippen LogP contribution in [0.4, 0.5) is 0 Å². The summed E-state index contributed by atoms with van der Waals surface area (Å²) >= 11 is 0. The molecule has 0 bridgehead atoms. The second kappa shape index (κ2) is 5.51. The fourth-order valence-electron chi connectivity index (χ4n) is 1.19. The van der Waals surface area contributed by atoms with Gasteiger partial charge in [0.15, 0.2) is 0 Å². The Labute approximate surface area is 89.7 Å². The monoisotopic (exact) mass is 208 g/mol. The molecule has 0 spiro atoms. The summed E-state index contributed by atoms with van der Waals surface area (Å²) in [6.07, 6.45) is 0.286. The lowest BCUT2D eigenvalue weighted by Crippen LogP contribution is -2.03. The molecule has 1 rings (SSSR count). The molecule has 0 fully saturated rings. The van der Waals surface area contributed by atoms with E-state index in [9.17, 15) is 4.79 Å². The molecule has 1 aromatic rings. The molecule has 1 N–H and O–H groups in total. The fourth-order valence-corrected chi connectivity index (χ4v) is 1.19. The van der Waals surface area contributed by atoms with Gasteiger partial charge in [-0.05, 0) is 25.0 Å². The van der Waals surface area contributed by atoms with Crippen LogP contribution in [0.2, 0.25) is 0 Å². The highest BCUT2D eigenvalue weighted by atomic mass is 16.5. The van der Waals surface area contributed by atoms with E-state index in [1.807, 2.05) is 38.1 Å². The first-order valence-corrected chi connectivity index (χ1v) is 4.99. The first kappa shape index (κ1) is 11.7. The molecule has 0 saturated heterocycles. The Bertz CT molecular complexity index is 314. The van der Waals surface area contributed by atoms with Gasteiger partial charge < -0.3 is 9.84 Å². The highest BCUT2D eigenvalue weighted by molar-refractivity contribution is 5.70. The Kier molecular flexibility index (Phi) is 4.31. The van der Waals surface area contributed by atoms with Crippen molar-refractivity contribution < 1.29 is 14.6 Å². The summed E-state index contributed by atoms with van der Waals surface area (Å²) in [7, 11) is 0. The molecular formula is C12H16O3. The average molecular weight is 208 g/mol. The summed E-state index contributed by atoms with van der Waals surface area (Å²) in [5, 5.41) is 8.59. The summed E-state index contributed by atoms with van der Waals surface area (Å²) in [5.41, 5.74) is 1.88. The average Bonchev–Trinajstić information content (AvgIpc) is 2.16. The van der Waals surface area contributed by atoms with Crippen molar-refractivity contribution in [1.82, 2.24) is 0 Å². The van der Waals surface area contributed by atoms with Crippen molar-refractivity contribution in [2.75, 3.05) is 0 Å². The van der Waals surface area contributed by atoms with Gasteiger partial charge in [-0.1, -0.05) is 24.3 Å². The minimum absolute atomic E-state index is 0.0747. The van der Waals surface area contributed by atoms with Gasteiger partial charge in [0.1, 0.15) is 0 Å². The number of benzene rings is 1. The van der Waals surface area contributed by atoms with Crippen molar-refractivity contribution in [1.29, 1.82) is 0 Å². The van der Waals surface area contributed by atoms with Gasteiger partial charge in [0.05, 0.1) is 19.1 Å². The largest absolute Gasteiger partial charge is 0.481 e. The van der Waals surface area contributed by atoms with E-state index in [0.29, 0.717) is 6.61 Å². The molecule has 0 heterocycles. The zero-order valence-electron chi connectivity index (χ0n) is 9.06. The normalized spacial score (nSPS) is 10.6. The van der Waals surface area contributed by atoms with Crippen molar-refractivity contribution in [2.24, 2.45) is 0 Å². The molecule has 0 aliphatic carbocycles. The van der Waals surface area contributed by atoms with Gasteiger partial charge in [0, 0.05) is 0 Å². The third-order valence-electron chi connectivity index (χ3n) is 1.96. The number of hydrogen-bond donors (Lipinski definition) is 1. The smallest absolute Gasteiger partial charge is 0.307 e. The van der Waals surface area contributed by atoms with Crippen LogP contribution in [0.25, 0.3) is 0 Å². The van der Waals surface area contributed by atoms with Crippen LogP contribution in [0.15, 0.2) is 24.3 Å². The van der Waals surface area contributed by atoms with Crippen molar-refractivity contribution in [3.63, 3.8) is 0 Å². The molecule has 3 heteroatoms. The third kappa shape index (κ3) is 4.61. The van der Waals surface area contributed by atoms with E-state index < -0.39 is 5.97 Å². The Morgan fingerprint density at radius 2 is 1.80 bits per heavy atom. The van der Waals surface area contributed by atoms with Crippen LogP contribution >= 0.6 is 0 Å². The third-order valence-corrected chi connectivity index (χ3v) is 1.96. The predicted octanol–water partition coefficient (Wildman–Crippen LogP) is 2.24. The first-order valence-electron chi connectivity index (χ1n) is 4.99. The molecular weight excluding hydrogens is 192 g/mol. The van der Waals surface area contributed by atoms with Crippen LogP contribution < -0.4 is 0 Å². The van der Waals surface area contributed by atoms with E-state index in [-0.39, 0.29) is 12.5 Å². The fraction of sp³-hybridized carbons (Fsp3) is 0.417. The van der Waals surface area contributed by atoms with E-state index in [4.69, 9.17) is 9.84 Å². The molecule has 15 heavy (non-hydrogen) atoms. The van der Waals surface area contributed by atoms with Crippen LogP contribution in [0.1, 0.15) is 25.0 Å². The molecule has 1 aromatic carbocycles. The lowest BCUT2D eigenvalue weighted by Gasteiger charge is -2.07. The molecule has 0 amide bonds. The lowest BCUT2D eigenvalue weighted by atomic mass is 10.1. The van der Waals surface area contributed by atoms with Gasteiger partial charge in [-0.3, -0.25) is 4.79 Å². The lowest BCUT2D eigenvalue weighted by molar-refractivity contribution is -0.136. The topological polar surface area (TPSA) is 46.5 Å². The van der Waals surface area contributed by atoms with Crippen LogP contribution in [-0.2, 0) is 22.6 Å². The van der Waals surface area contributed by atoms with Gasteiger partial charge in [-0.2, -0.15) is 0 Å². The maximum atomic E-state index is 10.4. The van der Waals surface area contributed by atoms with Crippen molar-refractivity contribution in [2.45, 2.75) is 33.0 Å². The van der Waals surface area contributed by atoms with Gasteiger partial charge in [-0.25, -0.2) is 0 Å². The Hall–Kier alpha value is -1.35. The van der Waals surface area contributed by atoms with Crippen LogP contribution in [0.5, 0.6) is 0 Å². The van der Waals surface area contributed by atoms with Gasteiger partial charge in [-0.15, -0.1) is 0 Å². The molecule has 0 aliphatic heterocycles. The van der Waals surface area contributed by atoms with Crippen LogP contribution in [0.3, 0.4) is 0 Å². The summed E-state index contributed by atoms with van der Waals surface area (Å²) in [6, 6.07) is 7.46. The van der Waals surface area contributed by atoms with Gasteiger partial charge >= 0.3 is 5.97 Å². The first-order chi connectivity index (χ1) is 7.08. The Balaban J connectivity index is 2.52. The van der Waals surface area contributed by atoms with Gasteiger partial charge in [0.2, 0.25) is 0 Å². The molecule has 82 valence electrons. The zero-order chi connectivity index (χ0) is 11.3. The quantitative estimate of drug-likeness (QED) is 0.807. The van der Waals surface area contributed by atoms with E-state index in [1.54, 1.807) is 0 Å². The number of carboxylic acid groups (broad SMARTS) is 1. The highest BCUT2D eigenvalue weighted by Gasteiger charge is 2.00. The van der Waals surface area contributed by atoms with Crippen LogP contribution in [-0.4, -0.2) is 17.2 Å². The number of carbonyl (C=O) groups is 1. The van der Waals surface area contributed by atoms with Crippen molar-refractivity contribution in [3.8, 4) is 0 Å². The molecule has 3 nitrogen and oxygen atoms in total. The van der Waals surface area contributed by atoms with E-state index in [1.165, 1.54) is 0 Å². The Morgan fingerprint density at radius 1 is 1.27 bits per heavy atom. The summed E-state index contributed by atoms with van der Waals surface area (Å²) in [4.78, 5) is 10.4. The minimum atomic E-state index is -0.804. The molecule has 0 aliphatic rings. The number of hydrogen-bond acceptors (Lipinski definition) is 2. The SMILES string of the molecule is CC(C)OCc1ccc(CC(=O)O)cc1. The van der Waals surface area contributed by atoms with Gasteiger partial charge in [0.25, 0.3) is 0 Å². The number of rotatable bonds is 5.